The van der Waals surface area contributed by atoms with Gasteiger partial charge in [0.05, 0.1) is 35.3 Å². The number of amides is 1. The number of hydrogen-bond acceptors (Lipinski definition) is 3. The molecule has 1 N–H and O–H groups in total. The normalized spacial score (nSPS) is 20.8. The van der Waals surface area contributed by atoms with Crippen LogP contribution < -0.4 is 4.90 Å². The van der Waals surface area contributed by atoms with Gasteiger partial charge in [-0.15, -0.1) is 11.3 Å². The van der Waals surface area contributed by atoms with E-state index in [1.54, 1.807) is 0 Å². The SMILES string of the molecule is C[C@@H](c1ccccc1)N(C)C(=O)C[NH+]1CCC[C@H](c2nc3ccccc3s2)C1. The van der Waals surface area contributed by atoms with Crippen molar-refractivity contribution in [2.45, 2.75) is 31.7 Å². The van der Waals surface area contributed by atoms with Crippen LogP contribution in [-0.2, 0) is 4.79 Å². The number of piperidine rings is 1. The first-order chi connectivity index (χ1) is 13.6. The number of para-hydroxylation sites is 1. The summed E-state index contributed by atoms with van der Waals surface area (Å²) in [5.41, 5.74) is 2.28. The minimum atomic E-state index is 0.0953. The van der Waals surface area contributed by atoms with Crippen molar-refractivity contribution in [2.24, 2.45) is 0 Å². The minimum Gasteiger partial charge on any atom is -0.334 e. The number of likely N-dealkylation sites (tertiary alicyclic amines) is 1. The van der Waals surface area contributed by atoms with Gasteiger partial charge in [-0.05, 0) is 37.5 Å². The van der Waals surface area contributed by atoms with Crippen LogP contribution in [0, 0.1) is 0 Å². The van der Waals surface area contributed by atoms with Crippen LogP contribution in [0.4, 0.5) is 0 Å². The Kier molecular flexibility index (Phi) is 5.74. The number of carbonyl (C=O) groups is 1. The first-order valence-electron chi connectivity index (χ1n) is 10.1. The predicted octanol–water partition coefficient (Wildman–Crippen LogP) is 3.28. The summed E-state index contributed by atoms with van der Waals surface area (Å²) in [5.74, 6) is 0.683. The second-order valence-electron chi connectivity index (χ2n) is 7.83. The number of nitrogens with zero attached hydrogens (tertiary/aromatic N) is 2. The van der Waals surface area contributed by atoms with E-state index in [0.717, 1.165) is 25.0 Å². The van der Waals surface area contributed by atoms with Crippen molar-refractivity contribution in [3.05, 3.63) is 65.2 Å². The van der Waals surface area contributed by atoms with Crippen molar-refractivity contribution in [3.63, 3.8) is 0 Å². The number of aromatic nitrogens is 1. The largest absolute Gasteiger partial charge is 0.334 e. The maximum Gasteiger partial charge on any atom is 0.278 e. The lowest BCUT2D eigenvalue weighted by molar-refractivity contribution is -0.898. The first kappa shape index (κ1) is 19.1. The molecule has 2 heterocycles. The second-order valence-corrected chi connectivity index (χ2v) is 8.89. The molecule has 2 aromatic carbocycles. The molecule has 1 aliphatic heterocycles. The molecule has 28 heavy (non-hydrogen) atoms. The molecule has 0 saturated carbocycles. The van der Waals surface area contributed by atoms with Gasteiger partial charge in [0.15, 0.2) is 6.54 Å². The summed E-state index contributed by atoms with van der Waals surface area (Å²) >= 11 is 1.81. The highest BCUT2D eigenvalue weighted by Gasteiger charge is 2.30. The van der Waals surface area contributed by atoms with Crippen LogP contribution in [0.5, 0.6) is 0 Å². The van der Waals surface area contributed by atoms with Crippen molar-refractivity contribution < 1.29 is 9.69 Å². The lowest BCUT2D eigenvalue weighted by Crippen LogP contribution is -3.14. The Morgan fingerprint density at radius 2 is 1.96 bits per heavy atom. The third-order valence-electron chi connectivity index (χ3n) is 5.94. The molecule has 1 unspecified atom stereocenters. The molecule has 0 bridgehead atoms. The topological polar surface area (TPSA) is 37.6 Å². The van der Waals surface area contributed by atoms with Crippen molar-refractivity contribution in [2.75, 3.05) is 26.7 Å². The molecule has 3 atom stereocenters. The molecule has 1 saturated heterocycles. The molecule has 4 nitrogen and oxygen atoms in total. The van der Waals surface area contributed by atoms with E-state index in [-0.39, 0.29) is 11.9 Å². The van der Waals surface area contributed by atoms with E-state index in [9.17, 15) is 4.79 Å². The predicted molar refractivity (Wildman–Crippen MR) is 115 cm³/mol. The van der Waals surface area contributed by atoms with Gasteiger partial charge in [-0.2, -0.15) is 0 Å². The number of fused-ring (bicyclic) bond motifs is 1. The fourth-order valence-corrected chi connectivity index (χ4v) is 5.20. The van der Waals surface area contributed by atoms with Crippen LogP contribution >= 0.6 is 11.3 Å². The Morgan fingerprint density at radius 3 is 2.75 bits per heavy atom. The summed E-state index contributed by atoms with van der Waals surface area (Å²) in [5, 5.41) is 1.23. The molecule has 1 aromatic heterocycles. The van der Waals surface area contributed by atoms with Gasteiger partial charge in [-0.1, -0.05) is 42.5 Å². The van der Waals surface area contributed by atoms with Crippen molar-refractivity contribution >= 4 is 27.5 Å². The number of benzene rings is 2. The van der Waals surface area contributed by atoms with Gasteiger partial charge in [0, 0.05) is 7.05 Å². The van der Waals surface area contributed by atoms with Crippen LogP contribution in [0.2, 0.25) is 0 Å². The van der Waals surface area contributed by atoms with Crippen molar-refractivity contribution in [1.82, 2.24) is 9.88 Å². The molecule has 5 heteroatoms. The number of thiazole rings is 1. The molecular weight excluding hydrogens is 366 g/mol. The van der Waals surface area contributed by atoms with Gasteiger partial charge < -0.3 is 9.80 Å². The summed E-state index contributed by atoms with van der Waals surface area (Å²) in [6.45, 7) is 4.73. The van der Waals surface area contributed by atoms with Crippen LogP contribution in [0.3, 0.4) is 0 Å². The van der Waals surface area contributed by atoms with E-state index >= 15 is 0 Å². The molecule has 3 aromatic rings. The lowest BCUT2D eigenvalue weighted by Gasteiger charge is -2.31. The fourth-order valence-electron chi connectivity index (χ4n) is 4.10. The summed E-state index contributed by atoms with van der Waals surface area (Å²) in [6, 6.07) is 18.7. The van der Waals surface area contributed by atoms with Crippen LogP contribution in [0.15, 0.2) is 54.6 Å². The quantitative estimate of drug-likeness (QED) is 0.721. The Balaban J connectivity index is 1.39. The van der Waals surface area contributed by atoms with Gasteiger partial charge in [-0.3, -0.25) is 4.79 Å². The number of rotatable bonds is 5. The van der Waals surface area contributed by atoms with Crippen molar-refractivity contribution in [1.29, 1.82) is 0 Å². The minimum absolute atomic E-state index is 0.0953. The number of likely N-dealkylation sites (N-methyl/N-ethyl adjacent to an activating group) is 1. The summed E-state index contributed by atoms with van der Waals surface area (Å²) in [4.78, 5) is 21.0. The average Bonchev–Trinajstić information content (AvgIpc) is 3.18. The summed E-state index contributed by atoms with van der Waals surface area (Å²) in [7, 11) is 1.93. The lowest BCUT2D eigenvalue weighted by atomic mass is 9.98. The van der Waals surface area contributed by atoms with Gasteiger partial charge in [0.1, 0.15) is 5.01 Å². The Hall–Kier alpha value is -2.24. The van der Waals surface area contributed by atoms with E-state index in [4.69, 9.17) is 4.98 Å². The zero-order chi connectivity index (χ0) is 19.5. The van der Waals surface area contributed by atoms with E-state index in [1.165, 1.54) is 26.6 Å². The number of nitrogens with one attached hydrogen (secondary N) is 1. The Morgan fingerprint density at radius 1 is 1.21 bits per heavy atom. The maximum absolute atomic E-state index is 12.9. The zero-order valence-electron chi connectivity index (χ0n) is 16.6. The smallest absolute Gasteiger partial charge is 0.278 e. The highest BCUT2D eigenvalue weighted by Crippen LogP contribution is 2.30. The first-order valence-corrected chi connectivity index (χ1v) is 10.9. The van der Waals surface area contributed by atoms with Gasteiger partial charge >= 0.3 is 0 Å². The second kappa shape index (κ2) is 8.41. The number of hydrogen-bond donors (Lipinski definition) is 1. The zero-order valence-corrected chi connectivity index (χ0v) is 17.4. The molecule has 1 amide bonds. The standard InChI is InChI=1S/C23H27N3OS/c1-17(18-9-4-3-5-10-18)25(2)22(27)16-26-14-8-11-19(15-26)23-24-20-12-6-7-13-21(20)28-23/h3-7,9-10,12-13,17,19H,8,11,14-16H2,1-2H3/p+1/t17-,19-/m0/s1. The molecular formula is C23H28N3OS+. The van der Waals surface area contributed by atoms with Gasteiger partial charge in [0.2, 0.25) is 0 Å². The average molecular weight is 395 g/mol. The Bertz CT molecular complexity index is 906. The third kappa shape index (κ3) is 4.10. The van der Waals surface area contributed by atoms with E-state index in [1.807, 2.05) is 47.5 Å². The van der Waals surface area contributed by atoms with Gasteiger partial charge in [-0.25, -0.2) is 4.98 Å². The highest BCUT2D eigenvalue weighted by molar-refractivity contribution is 7.18. The summed E-state index contributed by atoms with van der Waals surface area (Å²) < 4.78 is 1.26. The number of quaternary nitrogens is 1. The number of carbonyl (C=O) groups excluding carboxylic acids is 1. The van der Waals surface area contributed by atoms with E-state index in [2.05, 4.69) is 37.3 Å². The van der Waals surface area contributed by atoms with E-state index in [0.29, 0.717) is 12.5 Å². The van der Waals surface area contributed by atoms with Crippen LogP contribution in [0.1, 0.15) is 42.3 Å². The molecule has 0 radical (unpaired) electrons. The third-order valence-corrected chi connectivity index (χ3v) is 7.13. The molecule has 1 fully saturated rings. The molecule has 0 spiro atoms. The Labute approximate surface area is 170 Å². The maximum atomic E-state index is 12.9. The molecule has 4 rings (SSSR count). The van der Waals surface area contributed by atoms with Gasteiger partial charge in [0.25, 0.3) is 5.91 Å². The van der Waals surface area contributed by atoms with Crippen LogP contribution in [-0.4, -0.2) is 42.5 Å². The monoisotopic (exact) mass is 394 g/mol. The highest BCUT2D eigenvalue weighted by atomic mass is 32.1. The van der Waals surface area contributed by atoms with Crippen molar-refractivity contribution in [3.8, 4) is 0 Å². The van der Waals surface area contributed by atoms with E-state index < -0.39 is 0 Å². The molecule has 146 valence electrons. The molecule has 1 aliphatic rings. The molecule has 0 aliphatic carbocycles. The summed E-state index contributed by atoms with van der Waals surface area (Å²) in [6.07, 6.45) is 2.33. The fraction of sp³-hybridized carbons (Fsp3) is 0.391. The van der Waals surface area contributed by atoms with Crippen LogP contribution in [0.25, 0.3) is 10.2 Å².